The van der Waals surface area contributed by atoms with Crippen molar-refractivity contribution in [3.05, 3.63) is 63.7 Å². The fourth-order valence-corrected chi connectivity index (χ4v) is 3.54. The third-order valence-electron chi connectivity index (χ3n) is 3.91. The van der Waals surface area contributed by atoms with Crippen LogP contribution in [0.5, 0.6) is 0 Å². The topological polar surface area (TPSA) is 118 Å². The normalized spacial score (nSPS) is 11.2. The number of nitrogens with zero attached hydrogens (tertiary/aromatic N) is 1. The van der Waals surface area contributed by atoms with Gasteiger partial charge < -0.3 is 5.32 Å². The van der Waals surface area contributed by atoms with Crippen LogP contribution in [0.1, 0.15) is 35.7 Å². The first-order chi connectivity index (χ1) is 12.8. The fourth-order valence-electron chi connectivity index (χ4n) is 2.47. The monoisotopic (exact) mass is 391 g/mol. The summed E-state index contributed by atoms with van der Waals surface area (Å²) >= 11 is 0. The molecule has 0 aliphatic heterocycles. The predicted molar refractivity (Wildman–Crippen MR) is 102 cm³/mol. The van der Waals surface area contributed by atoms with E-state index in [0.29, 0.717) is 17.8 Å². The van der Waals surface area contributed by atoms with E-state index in [1.54, 1.807) is 19.1 Å². The molecule has 0 aliphatic carbocycles. The van der Waals surface area contributed by atoms with Crippen LogP contribution in [0.25, 0.3) is 0 Å². The number of hydrogen-bond acceptors (Lipinski definition) is 5. The number of nitro groups is 1. The number of nitrogens with one attached hydrogen (secondary N) is 2. The van der Waals surface area contributed by atoms with Gasteiger partial charge in [0.15, 0.2) is 0 Å². The van der Waals surface area contributed by atoms with Gasteiger partial charge in [-0.1, -0.05) is 25.5 Å². The molecule has 1 amide bonds. The summed E-state index contributed by atoms with van der Waals surface area (Å²) in [6.45, 7) is 3.87. The van der Waals surface area contributed by atoms with Gasteiger partial charge in [-0.05, 0) is 43.7 Å². The Morgan fingerprint density at radius 3 is 2.41 bits per heavy atom. The predicted octanol–water partition coefficient (Wildman–Crippen LogP) is 3.23. The molecule has 27 heavy (non-hydrogen) atoms. The largest absolute Gasteiger partial charge is 0.322 e. The van der Waals surface area contributed by atoms with E-state index in [9.17, 15) is 23.3 Å². The van der Waals surface area contributed by atoms with Crippen LogP contribution in [-0.2, 0) is 10.0 Å². The van der Waals surface area contributed by atoms with Gasteiger partial charge in [0.05, 0.1) is 9.82 Å². The summed E-state index contributed by atoms with van der Waals surface area (Å²) in [5, 5.41) is 13.8. The Balaban J connectivity index is 2.17. The van der Waals surface area contributed by atoms with Gasteiger partial charge >= 0.3 is 0 Å². The van der Waals surface area contributed by atoms with E-state index in [0.717, 1.165) is 12.8 Å². The molecule has 9 heteroatoms. The Bertz CT molecular complexity index is 940. The Morgan fingerprint density at radius 2 is 1.81 bits per heavy atom. The van der Waals surface area contributed by atoms with Crippen molar-refractivity contribution in [2.75, 3.05) is 11.9 Å². The third kappa shape index (κ3) is 5.11. The first kappa shape index (κ1) is 20.5. The zero-order valence-electron chi connectivity index (χ0n) is 15.1. The lowest BCUT2D eigenvalue weighted by Crippen LogP contribution is -2.24. The second kappa shape index (κ2) is 8.74. The quantitative estimate of drug-likeness (QED) is 0.407. The zero-order valence-corrected chi connectivity index (χ0v) is 15.9. The van der Waals surface area contributed by atoms with Crippen molar-refractivity contribution in [1.29, 1.82) is 0 Å². The number of unbranched alkanes of at least 4 members (excludes halogenated alkanes) is 1. The maximum atomic E-state index is 12.4. The molecule has 0 aliphatic rings. The number of aryl methyl sites for hydroxylation is 1. The van der Waals surface area contributed by atoms with E-state index < -0.39 is 20.9 Å². The highest BCUT2D eigenvalue weighted by Crippen LogP contribution is 2.24. The summed E-state index contributed by atoms with van der Waals surface area (Å²) in [5.74, 6) is -0.637. The summed E-state index contributed by atoms with van der Waals surface area (Å²) in [6.07, 6.45) is 1.61. The lowest BCUT2D eigenvalue weighted by atomic mass is 10.1. The molecule has 0 atom stereocenters. The number of nitro benzene ring substituents is 1. The van der Waals surface area contributed by atoms with E-state index in [-0.39, 0.29) is 16.1 Å². The molecule has 0 radical (unpaired) electrons. The van der Waals surface area contributed by atoms with Crippen molar-refractivity contribution in [3.63, 3.8) is 0 Å². The average Bonchev–Trinajstić information content (AvgIpc) is 2.61. The Hall–Kier alpha value is -2.78. The second-order valence-corrected chi connectivity index (χ2v) is 7.72. The zero-order chi connectivity index (χ0) is 20.0. The van der Waals surface area contributed by atoms with Crippen LogP contribution in [0.15, 0.2) is 47.4 Å². The highest BCUT2D eigenvalue weighted by Gasteiger charge is 2.22. The van der Waals surface area contributed by atoms with Gasteiger partial charge in [-0.3, -0.25) is 14.9 Å². The van der Waals surface area contributed by atoms with Gasteiger partial charge in [-0.25, -0.2) is 13.1 Å². The molecule has 0 saturated heterocycles. The van der Waals surface area contributed by atoms with Crippen LogP contribution in [0.2, 0.25) is 0 Å². The number of sulfonamides is 1. The Kier molecular flexibility index (Phi) is 6.65. The molecule has 2 aromatic carbocycles. The van der Waals surface area contributed by atoms with Crippen LogP contribution < -0.4 is 10.0 Å². The lowest BCUT2D eigenvalue weighted by molar-refractivity contribution is -0.385. The number of amides is 1. The minimum absolute atomic E-state index is 0.0575. The highest BCUT2D eigenvalue weighted by atomic mass is 32.2. The summed E-state index contributed by atoms with van der Waals surface area (Å²) in [5.41, 5.74) is 0.405. The number of benzene rings is 2. The van der Waals surface area contributed by atoms with Gasteiger partial charge in [0.25, 0.3) is 11.6 Å². The molecule has 0 fully saturated rings. The average molecular weight is 391 g/mol. The number of carbonyl (C=O) groups is 1. The number of para-hydroxylation sites is 1. The minimum Gasteiger partial charge on any atom is -0.322 e. The van der Waals surface area contributed by atoms with Crippen LogP contribution >= 0.6 is 0 Å². The highest BCUT2D eigenvalue weighted by molar-refractivity contribution is 7.89. The number of anilines is 1. The molecule has 144 valence electrons. The molecule has 2 rings (SSSR count). The summed E-state index contributed by atoms with van der Waals surface area (Å²) in [7, 11) is -3.61. The van der Waals surface area contributed by atoms with Crippen LogP contribution in [0.3, 0.4) is 0 Å². The van der Waals surface area contributed by atoms with E-state index in [4.69, 9.17) is 0 Å². The molecule has 0 spiro atoms. The number of hydrogen-bond donors (Lipinski definition) is 2. The maximum Gasteiger partial charge on any atom is 0.285 e. The SMILES string of the molecule is CCCCNS(=O)(=O)c1ccc(NC(=O)c2cccc(C)c2[N+](=O)[O-])cc1. The smallest absolute Gasteiger partial charge is 0.285 e. The molecule has 2 aromatic rings. The molecule has 0 aromatic heterocycles. The summed E-state index contributed by atoms with van der Waals surface area (Å²) in [6, 6.07) is 10.1. The summed E-state index contributed by atoms with van der Waals surface area (Å²) < 4.78 is 26.8. The minimum atomic E-state index is -3.61. The molecular formula is C18H21N3O5S. The Morgan fingerprint density at radius 1 is 1.15 bits per heavy atom. The van der Waals surface area contributed by atoms with E-state index in [1.807, 2.05) is 6.92 Å². The molecule has 0 heterocycles. The van der Waals surface area contributed by atoms with Gasteiger partial charge in [-0.2, -0.15) is 0 Å². The van der Waals surface area contributed by atoms with E-state index >= 15 is 0 Å². The molecule has 0 bridgehead atoms. The van der Waals surface area contributed by atoms with Crippen LogP contribution in [-0.4, -0.2) is 25.8 Å². The van der Waals surface area contributed by atoms with Crippen molar-refractivity contribution >= 4 is 27.3 Å². The van der Waals surface area contributed by atoms with Crippen molar-refractivity contribution in [1.82, 2.24) is 4.72 Å². The van der Waals surface area contributed by atoms with Crippen molar-refractivity contribution in [2.24, 2.45) is 0 Å². The molecule has 0 saturated carbocycles. The van der Waals surface area contributed by atoms with Crippen molar-refractivity contribution in [3.8, 4) is 0 Å². The van der Waals surface area contributed by atoms with Crippen LogP contribution in [0.4, 0.5) is 11.4 Å². The van der Waals surface area contributed by atoms with Crippen LogP contribution in [0, 0.1) is 17.0 Å². The molecular weight excluding hydrogens is 370 g/mol. The van der Waals surface area contributed by atoms with Gasteiger partial charge in [-0.15, -0.1) is 0 Å². The van der Waals surface area contributed by atoms with Crippen molar-refractivity contribution < 1.29 is 18.1 Å². The van der Waals surface area contributed by atoms with Gasteiger partial charge in [0.2, 0.25) is 10.0 Å². The third-order valence-corrected chi connectivity index (χ3v) is 5.39. The molecule has 8 nitrogen and oxygen atoms in total. The maximum absolute atomic E-state index is 12.4. The van der Waals surface area contributed by atoms with Gasteiger partial charge in [0.1, 0.15) is 5.56 Å². The second-order valence-electron chi connectivity index (χ2n) is 5.96. The Labute approximate surface area is 157 Å². The lowest BCUT2D eigenvalue weighted by Gasteiger charge is -2.09. The van der Waals surface area contributed by atoms with E-state index in [1.165, 1.54) is 30.3 Å². The number of carbonyl (C=O) groups excluding carboxylic acids is 1. The number of rotatable bonds is 8. The summed E-state index contributed by atoms with van der Waals surface area (Å²) in [4.78, 5) is 23.1. The molecule has 2 N–H and O–H groups in total. The van der Waals surface area contributed by atoms with E-state index in [2.05, 4.69) is 10.0 Å². The van der Waals surface area contributed by atoms with Gasteiger partial charge in [0, 0.05) is 17.8 Å². The van der Waals surface area contributed by atoms with Crippen molar-refractivity contribution in [2.45, 2.75) is 31.6 Å². The first-order valence-corrected chi connectivity index (χ1v) is 9.89. The standard InChI is InChI=1S/C18H21N3O5S/c1-3-4-12-19-27(25,26)15-10-8-14(9-11-15)20-18(22)16-7-5-6-13(2)17(16)21(23)24/h5-11,19H,3-4,12H2,1-2H3,(H,20,22). The molecule has 0 unspecified atom stereocenters. The first-order valence-electron chi connectivity index (χ1n) is 8.41. The fraction of sp³-hybridized carbons (Fsp3) is 0.278.